The highest BCUT2D eigenvalue weighted by atomic mass is 35.5. The normalized spacial score (nSPS) is 15.3. The molecule has 1 aliphatic rings. The highest BCUT2D eigenvalue weighted by molar-refractivity contribution is 7.89. The minimum atomic E-state index is -3.75. The first kappa shape index (κ1) is 22.4. The zero-order chi connectivity index (χ0) is 21.7. The Bertz CT molecular complexity index is 957. The van der Waals surface area contributed by atoms with Gasteiger partial charge in [-0.3, -0.25) is 4.79 Å². The number of hydrogen-bond acceptors (Lipinski definition) is 5. The van der Waals surface area contributed by atoms with E-state index in [1.165, 1.54) is 31.3 Å². The van der Waals surface area contributed by atoms with E-state index in [-0.39, 0.29) is 23.4 Å². The molecule has 7 nitrogen and oxygen atoms in total. The standard InChI is InChI=1S/C21H26ClN3O4S/c1-24(30(27,28)20-9-3-16(22)4-10-20)15-21(26)23-17-11-13-25(14-12-17)18-5-7-19(29-2)8-6-18/h3-10,17H,11-15H2,1-2H3,(H,23,26). The molecule has 0 spiro atoms. The number of rotatable bonds is 7. The van der Waals surface area contributed by atoms with Gasteiger partial charge in [0.05, 0.1) is 18.6 Å². The fraction of sp³-hybridized carbons (Fsp3) is 0.381. The third kappa shape index (κ3) is 5.44. The second kappa shape index (κ2) is 9.68. The van der Waals surface area contributed by atoms with Gasteiger partial charge in [-0.1, -0.05) is 11.6 Å². The summed E-state index contributed by atoms with van der Waals surface area (Å²) in [7, 11) is -0.708. The Morgan fingerprint density at radius 3 is 2.30 bits per heavy atom. The molecule has 2 aromatic carbocycles. The van der Waals surface area contributed by atoms with E-state index in [9.17, 15) is 13.2 Å². The molecule has 0 atom stereocenters. The number of amides is 1. The Morgan fingerprint density at radius 1 is 1.13 bits per heavy atom. The van der Waals surface area contributed by atoms with Gasteiger partial charge in [0.1, 0.15) is 5.75 Å². The molecule has 0 radical (unpaired) electrons. The summed E-state index contributed by atoms with van der Waals surface area (Å²) in [5.41, 5.74) is 1.12. The number of anilines is 1. The van der Waals surface area contributed by atoms with Crippen LogP contribution in [0.1, 0.15) is 12.8 Å². The number of piperidine rings is 1. The number of carbonyl (C=O) groups excluding carboxylic acids is 1. The van der Waals surface area contributed by atoms with Gasteiger partial charge in [-0.2, -0.15) is 4.31 Å². The van der Waals surface area contributed by atoms with E-state index in [1.54, 1.807) is 7.11 Å². The maximum absolute atomic E-state index is 12.6. The van der Waals surface area contributed by atoms with Crippen LogP contribution < -0.4 is 15.0 Å². The fourth-order valence-corrected chi connectivity index (χ4v) is 4.68. The van der Waals surface area contributed by atoms with Crippen LogP contribution in [-0.4, -0.2) is 58.5 Å². The van der Waals surface area contributed by atoms with E-state index in [2.05, 4.69) is 10.2 Å². The number of nitrogens with zero attached hydrogens (tertiary/aromatic N) is 2. The predicted molar refractivity (Wildman–Crippen MR) is 118 cm³/mol. The Kier molecular flexibility index (Phi) is 7.23. The topological polar surface area (TPSA) is 79.0 Å². The zero-order valence-corrected chi connectivity index (χ0v) is 18.6. The Balaban J connectivity index is 1.50. The van der Waals surface area contributed by atoms with Gasteiger partial charge in [-0.25, -0.2) is 8.42 Å². The first-order valence-electron chi connectivity index (χ1n) is 9.70. The molecule has 162 valence electrons. The van der Waals surface area contributed by atoms with Crippen molar-refractivity contribution in [1.82, 2.24) is 9.62 Å². The first-order valence-corrected chi connectivity index (χ1v) is 11.5. The van der Waals surface area contributed by atoms with Gasteiger partial charge < -0.3 is 15.0 Å². The number of nitrogens with one attached hydrogen (secondary N) is 1. The van der Waals surface area contributed by atoms with Crippen molar-refractivity contribution >= 4 is 33.2 Å². The smallest absolute Gasteiger partial charge is 0.243 e. The van der Waals surface area contributed by atoms with E-state index in [0.29, 0.717) is 5.02 Å². The molecule has 0 unspecified atom stereocenters. The summed E-state index contributed by atoms with van der Waals surface area (Å²) < 4.78 is 31.4. The largest absolute Gasteiger partial charge is 0.497 e. The molecule has 0 aromatic heterocycles. The molecule has 1 fully saturated rings. The number of hydrogen-bond donors (Lipinski definition) is 1. The van der Waals surface area contributed by atoms with Crippen LogP contribution in [0.15, 0.2) is 53.4 Å². The lowest BCUT2D eigenvalue weighted by Crippen LogP contribution is -2.47. The SMILES string of the molecule is COc1ccc(N2CCC(NC(=O)CN(C)S(=O)(=O)c3ccc(Cl)cc3)CC2)cc1. The van der Waals surface area contributed by atoms with E-state index < -0.39 is 10.0 Å². The lowest BCUT2D eigenvalue weighted by atomic mass is 10.0. The number of methoxy groups -OCH3 is 1. The van der Waals surface area contributed by atoms with Crippen LogP contribution >= 0.6 is 11.6 Å². The van der Waals surface area contributed by atoms with Gasteiger partial charge >= 0.3 is 0 Å². The van der Waals surface area contributed by atoms with Crippen LogP contribution in [0.2, 0.25) is 5.02 Å². The monoisotopic (exact) mass is 451 g/mol. The molecular formula is C21H26ClN3O4S. The van der Waals surface area contributed by atoms with Gasteiger partial charge in [0.2, 0.25) is 15.9 Å². The summed E-state index contributed by atoms with van der Waals surface area (Å²) in [5, 5.41) is 3.41. The van der Waals surface area contributed by atoms with Gasteiger partial charge in [0.15, 0.2) is 0 Å². The van der Waals surface area contributed by atoms with Crippen LogP contribution in [0, 0.1) is 0 Å². The Hall–Kier alpha value is -2.29. The average molecular weight is 452 g/mol. The van der Waals surface area contributed by atoms with E-state index in [1.807, 2.05) is 24.3 Å². The van der Waals surface area contributed by atoms with Crippen molar-refractivity contribution in [1.29, 1.82) is 0 Å². The van der Waals surface area contributed by atoms with Gasteiger partial charge in [-0.05, 0) is 61.4 Å². The van der Waals surface area contributed by atoms with Gasteiger partial charge in [-0.15, -0.1) is 0 Å². The molecule has 1 N–H and O–H groups in total. The summed E-state index contributed by atoms with van der Waals surface area (Å²) in [4.78, 5) is 14.8. The van der Waals surface area contributed by atoms with E-state index >= 15 is 0 Å². The molecule has 0 saturated carbocycles. The van der Waals surface area contributed by atoms with Crippen molar-refractivity contribution in [3.63, 3.8) is 0 Å². The number of carbonyl (C=O) groups is 1. The summed E-state index contributed by atoms with van der Waals surface area (Å²) in [6, 6.07) is 13.8. The van der Waals surface area contributed by atoms with Crippen LogP contribution in [-0.2, 0) is 14.8 Å². The number of likely N-dealkylation sites (N-methyl/N-ethyl adjacent to an activating group) is 1. The Morgan fingerprint density at radius 2 is 1.73 bits per heavy atom. The number of benzene rings is 2. The first-order chi connectivity index (χ1) is 14.3. The number of sulfonamides is 1. The van der Waals surface area contributed by atoms with E-state index in [0.717, 1.165) is 41.7 Å². The summed E-state index contributed by atoms with van der Waals surface area (Å²) in [5.74, 6) is 0.511. The lowest BCUT2D eigenvalue weighted by molar-refractivity contribution is -0.121. The average Bonchev–Trinajstić information content (AvgIpc) is 2.74. The summed E-state index contributed by atoms with van der Waals surface area (Å²) in [6.07, 6.45) is 1.59. The predicted octanol–water partition coefficient (Wildman–Crippen LogP) is 2.75. The van der Waals surface area contributed by atoms with Crippen LogP contribution in [0.5, 0.6) is 5.75 Å². The number of halogens is 1. The quantitative estimate of drug-likeness (QED) is 0.700. The molecule has 0 bridgehead atoms. The molecule has 30 heavy (non-hydrogen) atoms. The fourth-order valence-electron chi connectivity index (χ4n) is 3.42. The van der Waals surface area contributed by atoms with E-state index in [4.69, 9.17) is 16.3 Å². The zero-order valence-electron chi connectivity index (χ0n) is 17.0. The second-order valence-corrected chi connectivity index (χ2v) is 9.72. The van der Waals surface area contributed by atoms with Crippen molar-refractivity contribution in [3.8, 4) is 5.75 Å². The van der Waals surface area contributed by atoms with Gasteiger partial charge in [0.25, 0.3) is 0 Å². The van der Waals surface area contributed by atoms with Crippen molar-refractivity contribution in [2.24, 2.45) is 0 Å². The number of ether oxygens (including phenoxy) is 1. The van der Waals surface area contributed by atoms with Crippen LogP contribution in [0.4, 0.5) is 5.69 Å². The molecular weight excluding hydrogens is 426 g/mol. The van der Waals surface area contributed by atoms with Gasteiger partial charge in [0, 0.05) is 36.9 Å². The molecule has 1 aliphatic heterocycles. The maximum Gasteiger partial charge on any atom is 0.243 e. The van der Waals surface area contributed by atoms with Crippen molar-refractivity contribution in [2.75, 3.05) is 38.7 Å². The van der Waals surface area contributed by atoms with Crippen LogP contribution in [0.3, 0.4) is 0 Å². The van der Waals surface area contributed by atoms with Crippen molar-refractivity contribution in [2.45, 2.75) is 23.8 Å². The Labute approximate surface area is 182 Å². The molecule has 9 heteroatoms. The van der Waals surface area contributed by atoms with Crippen molar-refractivity contribution in [3.05, 3.63) is 53.6 Å². The molecule has 2 aromatic rings. The third-order valence-corrected chi connectivity index (χ3v) is 7.26. The third-order valence-electron chi connectivity index (χ3n) is 5.19. The molecule has 1 saturated heterocycles. The molecule has 1 amide bonds. The molecule has 3 rings (SSSR count). The minimum Gasteiger partial charge on any atom is -0.497 e. The summed E-state index contributed by atoms with van der Waals surface area (Å²) >= 11 is 5.82. The lowest BCUT2D eigenvalue weighted by Gasteiger charge is -2.34. The molecule has 0 aliphatic carbocycles. The highest BCUT2D eigenvalue weighted by Crippen LogP contribution is 2.23. The van der Waals surface area contributed by atoms with Crippen LogP contribution in [0.25, 0.3) is 0 Å². The van der Waals surface area contributed by atoms with Crippen molar-refractivity contribution < 1.29 is 17.9 Å². The second-order valence-electron chi connectivity index (χ2n) is 7.24. The summed E-state index contributed by atoms with van der Waals surface area (Å²) in [6.45, 7) is 1.40. The molecule has 1 heterocycles. The minimum absolute atomic E-state index is 0.0265. The maximum atomic E-state index is 12.6. The highest BCUT2D eigenvalue weighted by Gasteiger charge is 2.25.